The van der Waals surface area contributed by atoms with Crippen LogP contribution in [0.3, 0.4) is 0 Å². The van der Waals surface area contributed by atoms with Gasteiger partial charge in [0.1, 0.15) is 0 Å². The highest BCUT2D eigenvalue weighted by Crippen LogP contribution is 2.61. The second-order valence-corrected chi connectivity index (χ2v) is 23.4. The molecule has 0 unspecified atom stereocenters. The molecular weight excluding hydrogens is 1010 g/mol. The molecule has 84 heavy (non-hydrogen) atoms. The minimum Gasteiger partial charge on any atom is -0.352 e. The molecule has 0 saturated carbocycles. The molecule has 0 saturated heterocycles. The van der Waals surface area contributed by atoms with Crippen molar-refractivity contribution in [3.63, 3.8) is 0 Å². The van der Waals surface area contributed by atoms with E-state index in [0.717, 1.165) is 17.7 Å². The average molecular weight is 1060 g/mol. The topological polar surface area (TPSA) is 3.24 Å². The molecule has 0 heterocycles. The maximum atomic E-state index is 4.78. The Labute approximate surface area is 486 Å². The highest BCUT2D eigenvalue weighted by molar-refractivity contribution is 6.49. The molecule has 0 spiro atoms. The highest BCUT2D eigenvalue weighted by atomic mass is 15.1. The van der Waals surface area contributed by atoms with Crippen molar-refractivity contribution in [3.05, 3.63) is 272 Å². The molecule has 1 heteroatoms. The zero-order valence-electron chi connectivity index (χ0n) is 46.8. The van der Waals surface area contributed by atoms with E-state index in [9.17, 15) is 0 Å². The molecule has 2 aliphatic carbocycles. The lowest BCUT2D eigenvalue weighted by atomic mass is 9.80. The molecular formula is C83H53N. The van der Waals surface area contributed by atoms with Crippen molar-refractivity contribution < 1.29 is 0 Å². The Bertz CT molecular complexity index is 5650. The number of benzene rings is 14. The molecule has 0 aromatic heterocycles. The molecule has 16 aromatic rings. The van der Waals surface area contributed by atoms with Crippen molar-refractivity contribution in [2.75, 3.05) is 7.05 Å². The van der Waals surface area contributed by atoms with E-state index in [2.05, 4.69) is 257 Å². The third-order valence-corrected chi connectivity index (χ3v) is 19.5. The molecule has 0 amide bonds. The number of hydrogen-bond acceptors (Lipinski definition) is 1. The van der Waals surface area contributed by atoms with Crippen LogP contribution in [0.25, 0.3) is 192 Å². The van der Waals surface area contributed by atoms with Gasteiger partial charge in [0.05, 0.1) is 0 Å². The van der Waals surface area contributed by atoms with Crippen LogP contribution in [0.5, 0.6) is 0 Å². The van der Waals surface area contributed by atoms with Crippen molar-refractivity contribution in [1.82, 2.24) is 4.90 Å². The maximum absolute atomic E-state index is 4.78. The van der Waals surface area contributed by atoms with Crippen molar-refractivity contribution in [2.24, 2.45) is 0 Å². The molecule has 390 valence electrons. The van der Waals surface area contributed by atoms with E-state index in [4.69, 9.17) is 6.58 Å². The van der Waals surface area contributed by atoms with Gasteiger partial charge in [-0.05, 0) is 216 Å². The van der Waals surface area contributed by atoms with E-state index in [-0.39, 0.29) is 0 Å². The summed E-state index contributed by atoms with van der Waals surface area (Å²) in [5.41, 5.74) is 21.0. The lowest BCUT2D eigenvalue weighted by molar-refractivity contribution is 0.659. The SMILES string of the molecule is C=C/C=C\c1c2c(c3c(-c4ccccc4)c4c5ccc6c7ccc8c9ccc%10c%11c(ccc(c%12ccc(c%13ccc(c4c(-c4ccccc4)c13)c5c%136)c7c%128)c%119)-c1c(-c3ccccc3)c(C)c(C(=C)N(C)C=C)c(-c3ccccc3)c1-%10)=CC=CC2. The Balaban J connectivity index is 0.955. The lowest BCUT2D eigenvalue weighted by Gasteiger charge is -2.27. The van der Waals surface area contributed by atoms with Gasteiger partial charge in [-0.3, -0.25) is 0 Å². The van der Waals surface area contributed by atoms with E-state index >= 15 is 0 Å². The van der Waals surface area contributed by atoms with Crippen molar-refractivity contribution in [3.8, 4) is 66.8 Å². The highest BCUT2D eigenvalue weighted by Gasteiger charge is 2.35. The Kier molecular flexibility index (Phi) is 9.65. The second kappa shape index (κ2) is 17.2. The second-order valence-electron chi connectivity index (χ2n) is 23.4. The lowest BCUT2D eigenvalue weighted by Crippen LogP contribution is -2.11. The minimum absolute atomic E-state index is 0.881. The van der Waals surface area contributed by atoms with Gasteiger partial charge in [-0.2, -0.15) is 0 Å². The summed E-state index contributed by atoms with van der Waals surface area (Å²) in [4.78, 5) is 2.07. The maximum Gasteiger partial charge on any atom is 0.0413 e. The van der Waals surface area contributed by atoms with Crippen LogP contribution in [0.4, 0.5) is 0 Å². The average Bonchev–Trinajstić information content (AvgIpc) is 1.52. The molecule has 0 radical (unpaired) electrons. The van der Waals surface area contributed by atoms with Crippen LogP contribution in [0.15, 0.2) is 244 Å². The summed E-state index contributed by atoms with van der Waals surface area (Å²) in [5, 5.41) is 27.6. The van der Waals surface area contributed by atoms with Crippen LogP contribution in [-0.2, 0) is 6.42 Å². The van der Waals surface area contributed by atoms with Gasteiger partial charge in [0.25, 0.3) is 0 Å². The molecule has 0 fully saturated rings. The van der Waals surface area contributed by atoms with Crippen LogP contribution in [0, 0.1) is 6.92 Å². The molecule has 2 aliphatic rings. The normalized spacial score (nSPS) is 13.0. The third kappa shape index (κ3) is 5.92. The fraction of sp³-hybridized carbons (Fsp3) is 0.0361. The van der Waals surface area contributed by atoms with Gasteiger partial charge in [0, 0.05) is 18.3 Å². The number of hydrogen-bond donors (Lipinski definition) is 0. The Morgan fingerprint density at radius 1 is 0.405 bits per heavy atom. The van der Waals surface area contributed by atoms with E-state index < -0.39 is 0 Å². The van der Waals surface area contributed by atoms with E-state index in [0.29, 0.717) is 0 Å². The first kappa shape index (κ1) is 47.1. The van der Waals surface area contributed by atoms with Gasteiger partial charge >= 0.3 is 0 Å². The Morgan fingerprint density at radius 3 is 1.26 bits per heavy atom. The van der Waals surface area contributed by atoms with Crippen LogP contribution < -0.4 is 5.22 Å². The zero-order valence-corrected chi connectivity index (χ0v) is 46.8. The van der Waals surface area contributed by atoms with Crippen LogP contribution in [0.1, 0.15) is 22.3 Å². The standard InChI is InChI=1S/C83H53N/c1-6-8-31-53-52-32-21-22-33-54(52)79-71(51-29-19-12-20-30-51)83-66-45-41-62-58-37-35-56-60-39-43-64-76-63(80-68(48-23-13-9-14-24-48)46(3)67(47(4)84(5)7-2)69(81(64)80)49-25-15-10-16-26-49)42-38-59(74(60)76)55-34-36-57(73(58)72(55)56)61-40-44-65(77(66)75(61)62)82(83)70(78(53)79)50-27-17-11-18-28-50/h6-31,33-45H,1-2,4,32H2,3,5H3/b31-8-. The molecule has 0 N–H and O–H groups in total. The monoisotopic (exact) mass is 1060 g/mol. The van der Waals surface area contributed by atoms with Gasteiger partial charge in [0.15, 0.2) is 0 Å². The Hall–Kier alpha value is -10.6. The first-order valence-corrected chi connectivity index (χ1v) is 29.4. The van der Waals surface area contributed by atoms with Crippen molar-refractivity contribution in [2.45, 2.75) is 13.3 Å². The first-order valence-electron chi connectivity index (χ1n) is 29.4. The van der Waals surface area contributed by atoms with Crippen molar-refractivity contribution in [1.29, 1.82) is 0 Å². The summed E-state index contributed by atoms with van der Waals surface area (Å²) < 4.78 is 0. The predicted molar refractivity (Wildman–Crippen MR) is 365 cm³/mol. The largest absolute Gasteiger partial charge is 0.352 e. The molecule has 0 bridgehead atoms. The van der Waals surface area contributed by atoms with Gasteiger partial charge < -0.3 is 4.90 Å². The summed E-state index contributed by atoms with van der Waals surface area (Å²) in [7, 11) is 2.06. The summed E-state index contributed by atoms with van der Waals surface area (Å²) in [6.45, 7) is 15.4. The van der Waals surface area contributed by atoms with Crippen LogP contribution in [-0.4, -0.2) is 11.9 Å². The van der Waals surface area contributed by atoms with E-state index in [1.807, 2.05) is 12.3 Å². The number of rotatable bonds is 9. The number of nitrogens with zero attached hydrogens (tertiary/aromatic N) is 1. The van der Waals surface area contributed by atoms with Gasteiger partial charge in [-0.1, -0.05) is 250 Å². The molecule has 18 rings (SSSR count). The Morgan fingerprint density at radius 2 is 0.798 bits per heavy atom. The summed E-state index contributed by atoms with van der Waals surface area (Å²) in [6, 6.07) is 73.7. The quantitative estimate of drug-likeness (QED) is 0.0791. The van der Waals surface area contributed by atoms with E-state index in [1.54, 1.807) is 0 Å². The number of allylic oxidation sites excluding steroid dienone is 4. The summed E-state index contributed by atoms with van der Waals surface area (Å²) >= 11 is 0. The smallest absolute Gasteiger partial charge is 0.0413 e. The molecule has 0 atom stereocenters. The molecule has 16 aromatic carbocycles. The minimum atomic E-state index is 0.881. The van der Waals surface area contributed by atoms with Crippen LogP contribution >= 0.6 is 0 Å². The first-order chi connectivity index (χ1) is 41.4. The summed E-state index contributed by atoms with van der Waals surface area (Å²) in [5.74, 6) is 0. The van der Waals surface area contributed by atoms with Crippen LogP contribution in [0.2, 0.25) is 0 Å². The fourth-order valence-corrected chi connectivity index (χ4v) is 16.2. The molecule has 0 aliphatic heterocycles. The van der Waals surface area contributed by atoms with Gasteiger partial charge in [-0.15, -0.1) is 0 Å². The number of fused-ring (bicyclic) bond motifs is 13. The fourth-order valence-electron chi connectivity index (χ4n) is 16.2. The summed E-state index contributed by atoms with van der Waals surface area (Å²) in [6.07, 6.45) is 16.0. The predicted octanol–water partition coefficient (Wildman–Crippen LogP) is 22.0. The molecule has 1 nitrogen and oxygen atoms in total. The van der Waals surface area contributed by atoms with Crippen molar-refractivity contribution >= 4 is 126 Å². The van der Waals surface area contributed by atoms with E-state index in [1.165, 1.54) is 196 Å². The third-order valence-electron chi connectivity index (χ3n) is 19.5. The van der Waals surface area contributed by atoms with Gasteiger partial charge in [0.2, 0.25) is 0 Å². The van der Waals surface area contributed by atoms with Gasteiger partial charge in [-0.25, -0.2) is 0 Å². The zero-order chi connectivity index (χ0) is 55.8.